The van der Waals surface area contributed by atoms with Gasteiger partial charge in [-0.25, -0.2) is 0 Å². The highest BCUT2D eigenvalue weighted by Gasteiger charge is 2.32. The van der Waals surface area contributed by atoms with Gasteiger partial charge in [0.05, 0.1) is 11.8 Å². The second-order valence-electron chi connectivity index (χ2n) is 6.72. The number of hydrogen-bond donors (Lipinski definition) is 1. The van der Waals surface area contributed by atoms with E-state index in [9.17, 15) is 22.8 Å². The summed E-state index contributed by atoms with van der Waals surface area (Å²) in [5, 5.41) is 6.53. The van der Waals surface area contributed by atoms with E-state index in [1.165, 1.54) is 12.1 Å². The molecule has 3 rings (SSSR count). The van der Waals surface area contributed by atoms with Gasteiger partial charge in [0.2, 0.25) is 5.91 Å². The number of H-pyrrole nitrogens is 1. The average molecular weight is 379 g/mol. The van der Waals surface area contributed by atoms with Crippen LogP contribution in [0.2, 0.25) is 0 Å². The van der Waals surface area contributed by atoms with Crippen LogP contribution in [0.1, 0.15) is 40.7 Å². The van der Waals surface area contributed by atoms with Gasteiger partial charge in [-0.1, -0.05) is 12.1 Å². The van der Waals surface area contributed by atoms with E-state index in [1.807, 2.05) is 0 Å². The van der Waals surface area contributed by atoms with Crippen molar-refractivity contribution >= 4 is 11.7 Å². The first-order valence-electron chi connectivity index (χ1n) is 8.81. The number of piperidine rings is 1. The van der Waals surface area contributed by atoms with Crippen molar-refractivity contribution in [2.45, 2.75) is 31.9 Å². The summed E-state index contributed by atoms with van der Waals surface area (Å²) in [6, 6.07) is 4.27. The van der Waals surface area contributed by atoms with Crippen LogP contribution in [0.5, 0.6) is 0 Å². The van der Waals surface area contributed by atoms with Crippen LogP contribution in [-0.2, 0) is 17.4 Å². The van der Waals surface area contributed by atoms with E-state index < -0.39 is 11.7 Å². The van der Waals surface area contributed by atoms with E-state index in [1.54, 1.807) is 17.3 Å². The van der Waals surface area contributed by atoms with E-state index in [4.69, 9.17) is 0 Å². The molecule has 2 aromatic rings. The van der Waals surface area contributed by atoms with Crippen LogP contribution in [0, 0.1) is 5.92 Å². The Kier molecular flexibility index (Phi) is 5.62. The molecule has 0 spiro atoms. The second kappa shape index (κ2) is 7.94. The lowest BCUT2D eigenvalue weighted by molar-refractivity contribution is -0.137. The summed E-state index contributed by atoms with van der Waals surface area (Å²) in [4.78, 5) is 26.7. The highest BCUT2D eigenvalue weighted by molar-refractivity contribution is 5.98. The Morgan fingerprint density at radius 1 is 1.22 bits per heavy atom. The summed E-state index contributed by atoms with van der Waals surface area (Å²) in [5.74, 6) is -0.620. The molecular formula is C19H20F3N3O2. The summed E-state index contributed by atoms with van der Waals surface area (Å²) in [6.07, 6.45) is 1.22. The first kappa shape index (κ1) is 19.1. The van der Waals surface area contributed by atoms with Crippen molar-refractivity contribution < 1.29 is 22.8 Å². The van der Waals surface area contributed by atoms with Gasteiger partial charge in [-0.2, -0.15) is 18.3 Å². The molecule has 1 N–H and O–H groups in total. The maximum Gasteiger partial charge on any atom is 0.416 e. The fraction of sp³-hybridized carbons (Fsp3) is 0.421. The zero-order chi connectivity index (χ0) is 19.4. The van der Waals surface area contributed by atoms with Gasteiger partial charge in [0, 0.05) is 37.2 Å². The lowest BCUT2D eigenvalue weighted by Crippen LogP contribution is -2.42. The van der Waals surface area contributed by atoms with Crippen LogP contribution >= 0.6 is 0 Å². The molecular weight excluding hydrogens is 359 g/mol. The molecule has 1 aliphatic heterocycles. The Morgan fingerprint density at radius 3 is 2.59 bits per heavy atom. The van der Waals surface area contributed by atoms with Crippen molar-refractivity contribution in [2.24, 2.45) is 5.92 Å². The van der Waals surface area contributed by atoms with Crippen LogP contribution in [0.25, 0.3) is 0 Å². The van der Waals surface area contributed by atoms with Gasteiger partial charge in [-0.3, -0.25) is 14.7 Å². The molecule has 1 atom stereocenters. The average Bonchev–Trinajstić information content (AvgIpc) is 3.18. The Morgan fingerprint density at radius 2 is 1.96 bits per heavy atom. The third-order valence-electron chi connectivity index (χ3n) is 4.82. The van der Waals surface area contributed by atoms with Crippen molar-refractivity contribution in [3.05, 3.63) is 53.3 Å². The largest absolute Gasteiger partial charge is 0.416 e. The van der Waals surface area contributed by atoms with Gasteiger partial charge >= 0.3 is 6.18 Å². The highest BCUT2D eigenvalue weighted by Crippen LogP contribution is 2.30. The van der Waals surface area contributed by atoms with Crippen molar-refractivity contribution in [1.82, 2.24) is 15.1 Å². The number of carbonyl (C=O) groups excluding carboxylic acids is 2. The minimum absolute atomic E-state index is 0.0267. The third kappa shape index (κ3) is 4.75. The molecule has 144 valence electrons. The summed E-state index contributed by atoms with van der Waals surface area (Å²) < 4.78 is 38.0. The summed E-state index contributed by atoms with van der Waals surface area (Å²) in [5.41, 5.74) is 0.414. The third-order valence-corrected chi connectivity index (χ3v) is 4.82. The first-order valence-corrected chi connectivity index (χ1v) is 8.81. The standard InChI is InChI=1S/C19H20F3N3O2/c20-19(21,22)16-6-4-14(5-7-16)18(27)15-2-1-9-25(12-15)17(26)8-3-13-10-23-24-11-13/h4-7,10-11,15H,1-3,8-9,12H2,(H,23,24). The van der Waals surface area contributed by atoms with Crippen LogP contribution in [-0.4, -0.2) is 39.9 Å². The van der Waals surface area contributed by atoms with E-state index in [0.29, 0.717) is 38.8 Å². The number of likely N-dealkylation sites (tertiary alicyclic amines) is 1. The van der Waals surface area contributed by atoms with Crippen LogP contribution in [0.15, 0.2) is 36.7 Å². The Hall–Kier alpha value is -2.64. The van der Waals surface area contributed by atoms with E-state index >= 15 is 0 Å². The monoisotopic (exact) mass is 379 g/mol. The maximum absolute atomic E-state index is 12.7. The molecule has 1 aliphatic rings. The number of rotatable bonds is 5. The predicted octanol–water partition coefficient (Wildman–Crippen LogP) is 3.48. The number of nitrogens with one attached hydrogen (secondary N) is 1. The molecule has 27 heavy (non-hydrogen) atoms. The smallest absolute Gasteiger partial charge is 0.342 e. The van der Waals surface area contributed by atoms with E-state index in [-0.39, 0.29) is 23.2 Å². The number of Topliss-reactive ketones (excluding diaryl/α,β-unsaturated/α-hetero) is 1. The predicted molar refractivity (Wildman–Crippen MR) is 92.0 cm³/mol. The van der Waals surface area contributed by atoms with Crippen LogP contribution in [0.4, 0.5) is 13.2 Å². The number of alkyl halides is 3. The SMILES string of the molecule is O=C(c1ccc(C(F)(F)F)cc1)C1CCCN(C(=O)CCc2cn[nH]c2)C1. The van der Waals surface area contributed by atoms with Gasteiger partial charge in [-0.15, -0.1) is 0 Å². The normalized spacial score (nSPS) is 17.7. The number of hydrogen-bond acceptors (Lipinski definition) is 3. The topological polar surface area (TPSA) is 66.1 Å². The Balaban J connectivity index is 1.59. The van der Waals surface area contributed by atoms with Crippen molar-refractivity contribution in [2.75, 3.05) is 13.1 Å². The van der Waals surface area contributed by atoms with E-state index in [0.717, 1.165) is 17.7 Å². The fourth-order valence-corrected chi connectivity index (χ4v) is 3.30. The minimum atomic E-state index is -4.43. The number of ketones is 1. The number of aromatic amines is 1. The van der Waals surface area contributed by atoms with Crippen LogP contribution < -0.4 is 0 Å². The molecule has 0 aliphatic carbocycles. The number of aromatic nitrogens is 2. The number of benzene rings is 1. The number of carbonyl (C=O) groups is 2. The quantitative estimate of drug-likeness (QED) is 0.809. The van der Waals surface area contributed by atoms with Crippen molar-refractivity contribution in [3.8, 4) is 0 Å². The van der Waals surface area contributed by atoms with Crippen molar-refractivity contribution in [3.63, 3.8) is 0 Å². The second-order valence-corrected chi connectivity index (χ2v) is 6.72. The molecule has 0 saturated carbocycles. The molecule has 1 unspecified atom stereocenters. The molecule has 1 amide bonds. The lowest BCUT2D eigenvalue weighted by Gasteiger charge is -2.32. The highest BCUT2D eigenvalue weighted by atomic mass is 19.4. The molecule has 5 nitrogen and oxygen atoms in total. The van der Waals surface area contributed by atoms with Crippen LogP contribution in [0.3, 0.4) is 0 Å². The number of nitrogens with zero attached hydrogens (tertiary/aromatic N) is 2. The number of aryl methyl sites for hydroxylation is 1. The first-order chi connectivity index (χ1) is 12.8. The Bertz CT molecular complexity index is 786. The number of halogens is 3. The minimum Gasteiger partial charge on any atom is -0.342 e. The van der Waals surface area contributed by atoms with E-state index in [2.05, 4.69) is 10.2 Å². The molecule has 1 fully saturated rings. The van der Waals surface area contributed by atoms with Gasteiger partial charge in [0.15, 0.2) is 5.78 Å². The Labute approximate surface area is 154 Å². The maximum atomic E-state index is 12.7. The molecule has 0 bridgehead atoms. The molecule has 2 heterocycles. The van der Waals surface area contributed by atoms with Crippen molar-refractivity contribution in [1.29, 1.82) is 0 Å². The van der Waals surface area contributed by atoms with Gasteiger partial charge < -0.3 is 4.90 Å². The summed E-state index contributed by atoms with van der Waals surface area (Å²) >= 11 is 0. The van der Waals surface area contributed by atoms with Gasteiger partial charge in [0.25, 0.3) is 0 Å². The molecule has 8 heteroatoms. The van der Waals surface area contributed by atoms with Gasteiger partial charge in [0.1, 0.15) is 0 Å². The number of amides is 1. The molecule has 1 aromatic carbocycles. The zero-order valence-corrected chi connectivity index (χ0v) is 14.6. The lowest BCUT2D eigenvalue weighted by atomic mass is 9.89. The summed E-state index contributed by atoms with van der Waals surface area (Å²) in [6.45, 7) is 0.908. The van der Waals surface area contributed by atoms with Gasteiger partial charge in [-0.05, 0) is 37.0 Å². The summed E-state index contributed by atoms with van der Waals surface area (Å²) in [7, 11) is 0. The molecule has 1 saturated heterocycles. The molecule has 0 radical (unpaired) electrons. The molecule has 1 aromatic heterocycles. The zero-order valence-electron chi connectivity index (χ0n) is 14.6. The fourth-order valence-electron chi connectivity index (χ4n) is 3.30.